The first kappa shape index (κ1) is 18.7. The summed E-state index contributed by atoms with van der Waals surface area (Å²) in [4.78, 5) is 26.9. The average molecular weight is 385 g/mol. The SMILES string of the molecule is Cc1cc(C)n(CC2CN(c3cc(N4CCN(C)C(=O)C4)ncn3)CCO2)n1. The maximum Gasteiger partial charge on any atom is 0.241 e. The fraction of sp³-hybridized carbons (Fsp3) is 0.579. The average Bonchev–Trinajstić information content (AvgIpc) is 3.01. The minimum Gasteiger partial charge on any atom is -0.373 e. The Morgan fingerprint density at radius 3 is 2.61 bits per heavy atom. The molecule has 2 fully saturated rings. The molecule has 2 aliphatic rings. The summed E-state index contributed by atoms with van der Waals surface area (Å²) in [5.74, 6) is 1.79. The van der Waals surface area contributed by atoms with Crippen LogP contribution in [0.5, 0.6) is 0 Å². The predicted molar refractivity (Wildman–Crippen MR) is 106 cm³/mol. The van der Waals surface area contributed by atoms with Crippen LogP contribution in [0.15, 0.2) is 18.5 Å². The van der Waals surface area contributed by atoms with E-state index in [4.69, 9.17) is 4.74 Å². The molecule has 0 spiro atoms. The highest BCUT2D eigenvalue weighted by atomic mass is 16.5. The van der Waals surface area contributed by atoms with E-state index in [1.54, 1.807) is 11.2 Å². The Balaban J connectivity index is 1.45. The van der Waals surface area contributed by atoms with Crippen molar-refractivity contribution in [2.75, 3.05) is 56.2 Å². The van der Waals surface area contributed by atoms with E-state index < -0.39 is 0 Å². The van der Waals surface area contributed by atoms with Crippen LogP contribution in [0.3, 0.4) is 0 Å². The molecular weight excluding hydrogens is 358 g/mol. The molecule has 2 aromatic rings. The zero-order chi connectivity index (χ0) is 19.7. The molecule has 0 bridgehead atoms. The Labute approximate surface area is 164 Å². The van der Waals surface area contributed by atoms with E-state index in [-0.39, 0.29) is 12.0 Å². The summed E-state index contributed by atoms with van der Waals surface area (Å²) in [5, 5.41) is 4.54. The van der Waals surface area contributed by atoms with Gasteiger partial charge in [0.15, 0.2) is 0 Å². The van der Waals surface area contributed by atoms with Crippen molar-refractivity contribution >= 4 is 17.5 Å². The van der Waals surface area contributed by atoms with Crippen molar-refractivity contribution in [1.29, 1.82) is 0 Å². The van der Waals surface area contributed by atoms with Crippen LogP contribution in [0, 0.1) is 13.8 Å². The zero-order valence-electron chi connectivity index (χ0n) is 16.7. The molecule has 4 rings (SSSR count). The fourth-order valence-electron chi connectivity index (χ4n) is 3.73. The van der Waals surface area contributed by atoms with Crippen LogP contribution in [0.4, 0.5) is 11.6 Å². The Bertz CT molecular complexity index is 853. The number of rotatable bonds is 4. The molecule has 1 unspecified atom stereocenters. The molecule has 2 saturated heterocycles. The lowest BCUT2D eigenvalue weighted by Crippen LogP contribution is -2.49. The third kappa shape index (κ3) is 3.94. The number of carbonyl (C=O) groups excluding carboxylic acids is 1. The molecular formula is C19H27N7O2. The Kier molecular flexibility index (Phi) is 5.17. The lowest BCUT2D eigenvalue weighted by molar-refractivity contribution is -0.129. The molecule has 28 heavy (non-hydrogen) atoms. The van der Waals surface area contributed by atoms with Gasteiger partial charge in [0.2, 0.25) is 5.91 Å². The molecule has 0 saturated carbocycles. The van der Waals surface area contributed by atoms with Crippen molar-refractivity contribution in [2.45, 2.75) is 26.5 Å². The summed E-state index contributed by atoms with van der Waals surface area (Å²) in [7, 11) is 1.84. The monoisotopic (exact) mass is 385 g/mol. The number of likely N-dealkylation sites (N-methyl/N-ethyl adjacent to an activating group) is 1. The Morgan fingerprint density at radius 1 is 1.11 bits per heavy atom. The molecule has 4 heterocycles. The van der Waals surface area contributed by atoms with Crippen molar-refractivity contribution in [3.8, 4) is 0 Å². The Hall–Kier alpha value is -2.68. The lowest BCUT2D eigenvalue weighted by Gasteiger charge is -2.35. The minimum atomic E-state index is 0.0513. The van der Waals surface area contributed by atoms with Gasteiger partial charge in [-0.15, -0.1) is 0 Å². The van der Waals surface area contributed by atoms with Gasteiger partial charge in [0, 0.05) is 45.0 Å². The van der Waals surface area contributed by atoms with Crippen LogP contribution in [-0.4, -0.2) is 83.0 Å². The van der Waals surface area contributed by atoms with Gasteiger partial charge in [-0.1, -0.05) is 0 Å². The van der Waals surface area contributed by atoms with E-state index in [1.807, 2.05) is 29.6 Å². The molecule has 150 valence electrons. The van der Waals surface area contributed by atoms with Crippen molar-refractivity contribution < 1.29 is 9.53 Å². The van der Waals surface area contributed by atoms with Crippen LogP contribution in [0.2, 0.25) is 0 Å². The highest BCUT2D eigenvalue weighted by Gasteiger charge is 2.25. The predicted octanol–water partition coefficient (Wildman–Crippen LogP) is 0.474. The number of hydrogen-bond acceptors (Lipinski definition) is 7. The number of ether oxygens (including phenoxy) is 1. The summed E-state index contributed by atoms with van der Waals surface area (Å²) >= 11 is 0. The van der Waals surface area contributed by atoms with Gasteiger partial charge in [-0.05, 0) is 19.9 Å². The lowest BCUT2D eigenvalue weighted by atomic mass is 10.2. The van der Waals surface area contributed by atoms with E-state index in [0.717, 1.165) is 49.2 Å². The van der Waals surface area contributed by atoms with Crippen molar-refractivity contribution in [2.24, 2.45) is 0 Å². The number of nitrogens with zero attached hydrogens (tertiary/aromatic N) is 7. The summed E-state index contributed by atoms with van der Waals surface area (Å²) in [5.41, 5.74) is 2.16. The topological polar surface area (TPSA) is 79.6 Å². The molecule has 9 heteroatoms. The first-order chi connectivity index (χ1) is 13.5. The Morgan fingerprint density at radius 2 is 1.89 bits per heavy atom. The van der Waals surface area contributed by atoms with Crippen molar-refractivity contribution in [3.63, 3.8) is 0 Å². The molecule has 1 amide bonds. The number of piperazine rings is 1. The van der Waals surface area contributed by atoms with Crippen LogP contribution < -0.4 is 9.80 Å². The quantitative estimate of drug-likeness (QED) is 0.757. The molecule has 0 aliphatic carbocycles. The number of amides is 1. The first-order valence-electron chi connectivity index (χ1n) is 9.68. The zero-order valence-corrected chi connectivity index (χ0v) is 16.7. The largest absolute Gasteiger partial charge is 0.373 e. The van der Waals surface area contributed by atoms with E-state index >= 15 is 0 Å². The van der Waals surface area contributed by atoms with E-state index in [9.17, 15) is 4.79 Å². The van der Waals surface area contributed by atoms with Gasteiger partial charge in [-0.25, -0.2) is 9.97 Å². The number of aryl methyl sites for hydroxylation is 2. The number of morpholine rings is 1. The molecule has 0 N–H and O–H groups in total. The highest BCUT2D eigenvalue weighted by molar-refractivity contribution is 5.82. The maximum atomic E-state index is 12.0. The highest BCUT2D eigenvalue weighted by Crippen LogP contribution is 2.21. The van der Waals surface area contributed by atoms with Crippen LogP contribution in [-0.2, 0) is 16.1 Å². The number of carbonyl (C=O) groups is 1. The number of aromatic nitrogens is 4. The molecule has 2 aromatic heterocycles. The standard InChI is InChI=1S/C19H27N7O2/c1-14-8-15(2)26(22-14)11-16-10-25(6-7-28-16)18-9-17(20-13-21-18)24-5-4-23(3)19(27)12-24/h8-9,13,16H,4-7,10-12H2,1-3H3. The van der Waals surface area contributed by atoms with Gasteiger partial charge in [-0.3, -0.25) is 9.48 Å². The summed E-state index contributed by atoms with van der Waals surface area (Å²) in [6.45, 7) is 8.82. The molecule has 0 aromatic carbocycles. The van der Waals surface area contributed by atoms with Gasteiger partial charge in [0.1, 0.15) is 18.0 Å². The maximum absolute atomic E-state index is 12.0. The summed E-state index contributed by atoms with van der Waals surface area (Å²) in [6.07, 6.45) is 1.63. The van der Waals surface area contributed by atoms with Gasteiger partial charge in [0.05, 0.1) is 31.5 Å². The first-order valence-corrected chi connectivity index (χ1v) is 9.68. The molecule has 0 radical (unpaired) electrons. The third-order valence-corrected chi connectivity index (χ3v) is 5.36. The van der Waals surface area contributed by atoms with Crippen LogP contribution in [0.1, 0.15) is 11.4 Å². The second-order valence-corrected chi connectivity index (χ2v) is 7.52. The van der Waals surface area contributed by atoms with Gasteiger partial charge in [0.25, 0.3) is 0 Å². The van der Waals surface area contributed by atoms with Gasteiger partial charge < -0.3 is 19.4 Å². The molecule has 1 atom stereocenters. The van der Waals surface area contributed by atoms with Gasteiger partial charge >= 0.3 is 0 Å². The van der Waals surface area contributed by atoms with Crippen molar-refractivity contribution in [1.82, 2.24) is 24.6 Å². The summed E-state index contributed by atoms with van der Waals surface area (Å²) in [6, 6.07) is 4.05. The van der Waals surface area contributed by atoms with Crippen molar-refractivity contribution in [3.05, 3.63) is 29.8 Å². The van der Waals surface area contributed by atoms with E-state index in [0.29, 0.717) is 19.7 Å². The fourth-order valence-corrected chi connectivity index (χ4v) is 3.73. The van der Waals surface area contributed by atoms with E-state index in [2.05, 4.69) is 33.0 Å². The molecule has 9 nitrogen and oxygen atoms in total. The minimum absolute atomic E-state index is 0.0513. The third-order valence-electron chi connectivity index (χ3n) is 5.36. The van der Waals surface area contributed by atoms with Gasteiger partial charge in [-0.2, -0.15) is 5.10 Å². The number of hydrogen-bond donors (Lipinski definition) is 0. The number of anilines is 2. The smallest absolute Gasteiger partial charge is 0.241 e. The summed E-state index contributed by atoms with van der Waals surface area (Å²) < 4.78 is 7.97. The van der Waals surface area contributed by atoms with Crippen LogP contribution >= 0.6 is 0 Å². The van der Waals surface area contributed by atoms with E-state index in [1.165, 1.54) is 0 Å². The molecule has 2 aliphatic heterocycles. The normalized spacial score (nSPS) is 20.8. The second-order valence-electron chi connectivity index (χ2n) is 7.52. The second kappa shape index (κ2) is 7.75. The van der Waals surface area contributed by atoms with Crippen LogP contribution in [0.25, 0.3) is 0 Å².